The van der Waals surface area contributed by atoms with E-state index in [1.807, 2.05) is 0 Å². The largest absolute Gasteiger partial charge is 0.329 e. The van der Waals surface area contributed by atoms with Crippen LogP contribution in [-0.4, -0.2) is 5.91 Å². The van der Waals surface area contributed by atoms with E-state index in [4.69, 9.17) is 11.7 Å². The molecule has 0 aromatic rings. The Morgan fingerprint density at radius 2 is 1.75 bits per heavy atom. The molecule has 12 heavy (non-hydrogen) atoms. The summed E-state index contributed by atoms with van der Waals surface area (Å²) in [5, 5.41) is 0. The monoisotopic (exact) mass is 172 g/mol. The number of hydrogen-bond acceptors (Lipinski definition) is 4. The number of amides is 1. The van der Waals surface area contributed by atoms with Gasteiger partial charge in [-0.2, -0.15) is 0 Å². The number of carbonyl (C=O) groups excluding carboxylic acids is 1. The fourth-order valence-corrected chi connectivity index (χ4v) is 0.768. The van der Waals surface area contributed by atoms with Crippen LogP contribution in [0.25, 0.3) is 0 Å². The first-order valence-corrected chi connectivity index (χ1v) is 3.84. The summed E-state index contributed by atoms with van der Waals surface area (Å²) in [6, 6.07) is 0. The van der Waals surface area contributed by atoms with Gasteiger partial charge in [-0.1, -0.05) is 6.58 Å². The molecule has 5 heteroatoms. The lowest BCUT2D eigenvalue weighted by Gasteiger charge is -2.03. The molecule has 0 aliphatic heterocycles. The van der Waals surface area contributed by atoms with Gasteiger partial charge in [-0.25, -0.2) is 5.84 Å². The molecule has 0 fully saturated rings. The van der Waals surface area contributed by atoms with Gasteiger partial charge in [0, 0.05) is 12.1 Å². The lowest BCUT2D eigenvalue weighted by molar-refractivity contribution is -0.121. The van der Waals surface area contributed by atoms with Crippen LogP contribution in [-0.2, 0) is 4.79 Å². The Kier molecular flexibility index (Phi) is 6.04. The molecule has 0 heterocycles. The molecule has 0 unspecified atom stereocenters. The molecule has 0 rings (SSSR count). The normalized spacial score (nSPS) is 9.17. The Hall–Kier alpha value is -1.07. The molecule has 0 aromatic carbocycles. The van der Waals surface area contributed by atoms with Crippen LogP contribution in [0.4, 0.5) is 0 Å². The Morgan fingerprint density at radius 3 is 2.25 bits per heavy atom. The molecule has 0 saturated carbocycles. The number of rotatable bonds is 6. The minimum atomic E-state index is -0.138. The lowest BCUT2D eigenvalue weighted by atomic mass is 10.1. The van der Waals surface area contributed by atoms with Gasteiger partial charge in [-0.15, -0.1) is 0 Å². The topological polar surface area (TPSA) is 93.2 Å². The standard InChI is InChI=1S/C7H16N4O/c1-6(10-8)4-2-3-5-7(12)11-9/h10H,1-5,8-9H2,(H,11,12). The van der Waals surface area contributed by atoms with E-state index < -0.39 is 0 Å². The summed E-state index contributed by atoms with van der Waals surface area (Å²) in [7, 11) is 0. The third kappa shape index (κ3) is 5.70. The van der Waals surface area contributed by atoms with Crippen molar-refractivity contribution in [1.82, 2.24) is 10.9 Å². The second kappa shape index (κ2) is 6.63. The SMILES string of the molecule is C=C(CCCCC(=O)NN)NN. The molecule has 5 nitrogen and oxygen atoms in total. The highest BCUT2D eigenvalue weighted by Crippen LogP contribution is 2.03. The van der Waals surface area contributed by atoms with Crippen molar-refractivity contribution in [3.63, 3.8) is 0 Å². The average molecular weight is 172 g/mol. The first-order valence-electron chi connectivity index (χ1n) is 3.84. The molecule has 0 atom stereocenters. The predicted octanol–water partition coefficient (Wildman–Crippen LogP) is -0.486. The van der Waals surface area contributed by atoms with Gasteiger partial charge in [0.25, 0.3) is 0 Å². The average Bonchev–Trinajstić information content (AvgIpc) is 2.11. The minimum Gasteiger partial charge on any atom is -0.329 e. The molecule has 0 aliphatic carbocycles. The second-order valence-corrected chi connectivity index (χ2v) is 2.52. The van der Waals surface area contributed by atoms with Crippen LogP contribution in [0.2, 0.25) is 0 Å². The number of carbonyl (C=O) groups is 1. The zero-order chi connectivity index (χ0) is 9.40. The second-order valence-electron chi connectivity index (χ2n) is 2.52. The summed E-state index contributed by atoms with van der Waals surface area (Å²) >= 11 is 0. The Bertz CT molecular complexity index is 139. The quantitative estimate of drug-likeness (QED) is 0.188. The van der Waals surface area contributed by atoms with Crippen molar-refractivity contribution in [2.24, 2.45) is 11.7 Å². The van der Waals surface area contributed by atoms with Gasteiger partial charge in [0.2, 0.25) is 5.91 Å². The van der Waals surface area contributed by atoms with E-state index in [-0.39, 0.29) is 5.91 Å². The summed E-state index contributed by atoms with van der Waals surface area (Å²) in [6.45, 7) is 3.65. The third-order valence-corrected chi connectivity index (χ3v) is 1.50. The van der Waals surface area contributed by atoms with Crippen molar-refractivity contribution >= 4 is 5.91 Å². The summed E-state index contributed by atoms with van der Waals surface area (Å²) in [5.41, 5.74) is 5.29. The van der Waals surface area contributed by atoms with Gasteiger partial charge < -0.3 is 5.43 Å². The first kappa shape index (κ1) is 10.9. The van der Waals surface area contributed by atoms with E-state index in [2.05, 4.69) is 17.4 Å². The van der Waals surface area contributed by atoms with Crippen molar-refractivity contribution in [1.29, 1.82) is 0 Å². The number of hydrogen-bond donors (Lipinski definition) is 4. The summed E-state index contributed by atoms with van der Waals surface area (Å²) in [5.74, 6) is 9.84. The van der Waals surface area contributed by atoms with Crippen molar-refractivity contribution in [2.45, 2.75) is 25.7 Å². The molecule has 70 valence electrons. The molecule has 0 aliphatic rings. The summed E-state index contributed by atoms with van der Waals surface area (Å²) in [6.07, 6.45) is 2.92. The zero-order valence-electron chi connectivity index (χ0n) is 7.10. The van der Waals surface area contributed by atoms with E-state index in [0.29, 0.717) is 6.42 Å². The van der Waals surface area contributed by atoms with Gasteiger partial charge in [-0.05, 0) is 19.3 Å². The van der Waals surface area contributed by atoms with Gasteiger partial charge in [-0.3, -0.25) is 16.1 Å². The van der Waals surface area contributed by atoms with Crippen molar-refractivity contribution in [2.75, 3.05) is 0 Å². The van der Waals surface area contributed by atoms with Crippen LogP contribution >= 0.6 is 0 Å². The van der Waals surface area contributed by atoms with E-state index in [0.717, 1.165) is 25.0 Å². The molecule has 0 saturated heterocycles. The maximum atomic E-state index is 10.6. The smallest absolute Gasteiger partial charge is 0.233 e. The highest BCUT2D eigenvalue weighted by Gasteiger charge is 1.97. The van der Waals surface area contributed by atoms with Crippen LogP contribution in [0, 0.1) is 0 Å². The predicted molar refractivity (Wildman–Crippen MR) is 47.3 cm³/mol. The fraction of sp³-hybridized carbons (Fsp3) is 0.571. The molecule has 6 N–H and O–H groups in total. The van der Waals surface area contributed by atoms with Crippen molar-refractivity contribution in [3.05, 3.63) is 12.3 Å². The number of nitrogens with one attached hydrogen (secondary N) is 2. The fourth-order valence-electron chi connectivity index (χ4n) is 0.768. The van der Waals surface area contributed by atoms with E-state index >= 15 is 0 Å². The van der Waals surface area contributed by atoms with Crippen LogP contribution in [0.5, 0.6) is 0 Å². The highest BCUT2D eigenvalue weighted by atomic mass is 16.2. The summed E-state index contributed by atoms with van der Waals surface area (Å²) in [4.78, 5) is 10.6. The number of hydrazine groups is 2. The maximum Gasteiger partial charge on any atom is 0.233 e. The molecular weight excluding hydrogens is 156 g/mol. The van der Waals surface area contributed by atoms with Crippen LogP contribution < -0.4 is 22.5 Å². The van der Waals surface area contributed by atoms with Crippen LogP contribution in [0.3, 0.4) is 0 Å². The van der Waals surface area contributed by atoms with E-state index in [9.17, 15) is 4.79 Å². The number of nitrogens with two attached hydrogens (primary N) is 2. The van der Waals surface area contributed by atoms with Crippen LogP contribution in [0.1, 0.15) is 25.7 Å². The number of unbranched alkanes of at least 4 members (excludes halogenated alkanes) is 1. The maximum absolute atomic E-state index is 10.6. The molecular formula is C7H16N4O. The molecule has 0 aromatic heterocycles. The zero-order valence-corrected chi connectivity index (χ0v) is 7.10. The lowest BCUT2D eigenvalue weighted by Crippen LogP contribution is -2.29. The van der Waals surface area contributed by atoms with Crippen LogP contribution in [0.15, 0.2) is 12.3 Å². The molecule has 0 radical (unpaired) electrons. The molecule has 0 bridgehead atoms. The number of allylic oxidation sites excluding steroid dienone is 1. The Balaban J connectivity index is 3.21. The molecule has 0 spiro atoms. The van der Waals surface area contributed by atoms with Crippen molar-refractivity contribution < 1.29 is 4.79 Å². The molecule has 1 amide bonds. The van der Waals surface area contributed by atoms with Gasteiger partial charge in [0.05, 0.1) is 0 Å². The highest BCUT2D eigenvalue weighted by molar-refractivity contribution is 5.75. The minimum absolute atomic E-state index is 0.138. The third-order valence-electron chi connectivity index (χ3n) is 1.50. The van der Waals surface area contributed by atoms with Gasteiger partial charge in [0.1, 0.15) is 0 Å². The van der Waals surface area contributed by atoms with E-state index in [1.54, 1.807) is 0 Å². The Labute approximate surface area is 72.1 Å². The first-order chi connectivity index (χ1) is 5.70. The Morgan fingerprint density at radius 1 is 1.17 bits per heavy atom. The van der Waals surface area contributed by atoms with Gasteiger partial charge >= 0.3 is 0 Å². The van der Waals surface area contributed by atoms with Crippen molar-refractivity contribution in [3.8, 4) is 0 Å². The van der Waals surface area contributed by atoms with E-state index in [1.165, 1.54) is 0 Å². The van der Waals surface area contributed by atoms with Gasteiger partial charge in [0.15, 0.2) is 0 Å². The summed E-state index contributed by atoms with van der Waals surface area (Å²) < 4.78 is 0.